The highest BCUT2D eigenvalue weighted by molar-refractivity contribution is 5.40. The molecular formula is C12H18N4. The predicted octanol–water partition coefficient (Wildman–Crippen LogP) is 0.959. The number of anilines is 1. The predicted molar refractivity (Wildman–Crippen MR) is 63.2 cm³/mol. The smallest absolute Gasteiger partial charge is 0.132 e. The van der Waals surface area contributed by atoms with Crippen molar-refractivity contribution >= 4 is 5.82 Å². The summed E-state index contributed by atoms with van der Waals surface area (Å²) in [6.07, 6.45) is 4.22. The summed E-state index contributed by atoms with van der Waals surface area (Å²) < 4.78 is 0. The molecule has 1 saturated carbocycles. The maximum Gasteiger partial charge on any atom is 0.132 e. The van der Waals surface area contributed by atoms with Gasteiger partial charge in [-0.25, -0.2) is 9.97 Å². The van der Waals surface area contributed by atoms with Gasteiger partial charge in [0.15, 0.2) is 0 Å². The highest BCUT2D eigenvalue weighted by Crippen LogP contribution is 2.36. The molecule has 4 heteroatoms. The van der Waals surface area contributed by atoms with Crippen molar-refractivity contribution in [2.45, 2.75) is 25.8 Å². The molecule has 0 spiro atoms. The molecule has 2 bridgehead atoms. The van der Waals surface area contributed by atoms with Crippen LogP contribution in [0.5, 0.6) is 0 Å². The van der Waals surface area contributed by atoms with Gasteiger partial charge in [0.05, 0.1) is 0 Å². The number of nitrogens with zero attached hydrogens (tertiary/aromatic N) is 3. The van der Waals surface area contributed by atoms with Gasteiger partial charge in [0.25, 0.3) is 0 Å². The molecular weight excluding hydrogens is 200 g/mol. The number of piperidine rings is 1. The molecule has 4 nitrogen and oxygen atoms in total. The van der Waals surface area contributed by atoms with E-state index < -0.39 is 0 Å². The molecule has 1 aliphatic heterocycles. The van der Waals surface area contributed by atoms with Crippen LogP contribution in [-0.2, 0) is 0 Å². The molecule has 2 fully saturated rings. The van der Waals surface area contributed by atoms with Gasteiger partial charge in [-0.05, 0) is 31.6 Å². The minimum Gasteiger partial charge on any atom is -0.356 e. The number of hydrogen-bond acceptors (Lipinski definition) is 4. The number of aryl methyl sites for hydroxylation is 1. The number of aromatic nitrogens is 2. The van der Waals surface area contributed by atoms with Gasteiger partial charge in [0.2, 0.25) is 0 Å². The third-order valence-electron chi connectivity index (χ3n) is 4.02. The number of rotatable bonds is 1. The van der Waals surface area contributed by atoms with E-state index in [1.165, 1.54) is 12.8 Å². The van der Waals surface area contributed by atoms with Crippen LogP contribution < -0.4 is 10.6 Å². The quantitative estimate of drug-likeness (QED) is 0.762. The van der Waals surface area contributed by atoms with Gasteiger partial charge in [-0.3, -0.25) is 0 Å². The molecule has 2 aliphatic rings. The fourth-order valence-electron chi connectivity index (χ4n) is 3.07. The molecule has 1 aliphatic carbocycles. The Bertz CT molecular complexity index is 378. The first-order valence-corrected chi connectivity index (χ1v) is 6.03. The van der Waals surface area contributed by atoms with E-state index in [4.69, 9.17) is 5.73 Å². The van der Waals surface area contributed by atoms with Crippen LogP contribution in [-0.4, -0.2) is 29.1 Å². The van der Waals surface area contributed by atoms with Crippen molar-refractivity contribution in [2.24, 2.45) is 17.6 Å². The zero-order valence-electron chi connectivity index (χ0n) is 9.63. The standard InChI is InChI=1S/C12H18N4/c1-8-4-11(15-7-14-8)16-5-9-2-3-10(6-16)12(9)13/h4,7,9-10,12H,2-3,5-6,13H2,1H3/t9-,10?,12-/m0/s1. The Morgan fingerprint density at radius 2 is 1.94 bits per heavy atom. The third kappa shape index (κ3) is 1.57. The normalized spacial score (nSPS) is 33.1. The first kappa shape index (κ1) is 10.0. The molecule has 1 aromatic heterocycles. The van der Waals surface area contributed by atoms with Crippen LogP contribution >= 0.6 is 0 Å². The van der Waals surface area contributed by atoms with E-state index in [0.29, 0.717) is 17.9 Å². The average Bonchev–Trinajstić information content (AvgIpc) is 2.53. The SMILES string of the molecule is Cc1cc(N2CC3CC[C@@H](C2)[C@@H]3N)ncn1. The summed E-state index contributed by atoms with van der Waals surface area (Å²) in [5.74, 6) is 2.39. The Labute approximate surface area is 95.9 Å². The Morgan fingerprint density at radius 3 is 2.56 bits per heavy atom. The van der Waals surface area contributed by atoms with Crippen LogP contribution in [0.2, 0.25) is 0 Å². The maximum atomic E-state index is 6.20. The average molecular weight is 218 g/mol. The van der Waals surface area contributed by atoms with E-state index >= 15 is 0 Å². The first-order valence-electron chi connectivity index (χ1n) is 6.03. The van der Waals surface area contributed by atoms with Crippen LogP contribution in [0.1, 0.15) is 18.5 Å². The van der Waals surface area contributed by atoms with Crippen LogP contribution in [0.25, 0.3) is 0 Å². The second kappa shape index (κ2) is 3.70. The minimum absolute atomic E-state index is 0.416. The molecule has 86 valence electrons. The lowest BCUT2D eigenvalue weighted by Gasteiger charge is -2.36. The van der Waals surface area contributed by atoms with Gasteiger partial charge in [-0.2, -0.15) is 0 Å². The number of nitrogens with two attached hydrogens (primary N) is 1. The second-order valence-corrected chi connectivity index (χ2v) is 5.10. The summed E-state index contributed by atoms with van der Waals surface area (Å²) in [4.78, 5) is 10.9. The molecule has 3 atom stereocenters. The van der Waals surface area contributed by atoms with E-state index in [9.17, 15) is 0 Å². The maximum absolute atomic E-state index is 6.20. The Morgan fingerprint density at radius 1 is 1.25 bits per heavy atom. The van der Waals surface area contributed by atoms with Gasteiger partial charge in [-0.1, -0.05) is 0 Å². The molecule has 0 radical (unpaired) electrons. The zero-order chi connectivity index (χ0) is 11.1. The summed E-state index contributed by atoms with van der Waals surface area (Å²) in [7, 11) is 0. The third-order valence-corrected chi connectivity index (χ3v) is 4.02. The lowest BCUT2D eigenvalue weighted by molar-refractivity contribution is 0.355. The molecule has 16 heavy (non-hydrogen) atoms. The highest BCUT2D eigenvalue weighted by Gasteiger charge is 2.40. The van der Waals surface area contributed by atoms with Crippen molar-refractivity contribution in [1.82, 2.24) is 9.97 Å². The van der Waals surface area contributed by atoms with Gasteiger partial charge >= 0.3 is 0 Å². The summed E-state index contributed by atoms with van der Waals surface area (Å²) in [5, 5.41) is 0. The van der Waals surface area contributed by atoms with Crippen LogP contribution in [0, 0.1) is 18.8 Å². The number of hydrogen-bond donors (Lipinski definition) is 1. The van der Waals surface area contributed by atoms with E-state index in [-0.39, 0.29) is 0 Å². The van der Waals surface area contributed by atoms with Crippen molar-refractivity contribution in [3.05, 3.63) is 18.1 Å². The van der Waals surface area contributed by atoms with E-state index in [2.05, 4.69) is 20.9 Å². The molecule has 3 rings (SSSR count). The topological polar surface area (TPSA) is 55.0 Å². The Balaban J connectivity index is 1.83. The summed E-state index contributed by atoms with van der Waals surface area (Å²) in [6, 6.07) is 2.48. The fraction of sp³-hybridized carbons (Fsp3) is 0.667. The van der Waals surface area contributed by atoms with E-state index in [1.807, 2.05) is 6.92 Å². The molecule has 0 amide bonds. The zero-order valence-corrected chi connectivity index (χ0v) is 9.63. The summed E-state index contributed by atoms with van der Waals surface area (Å²) in [5.41, 5.74) is 7.23. The van der Waals surface area contributed by atoms with Crippen molar-refractivity contribution < 1.29 is 0 Å². The van der Waals surface area contributed by atoms with Crippen molar-refractivity contribution in [3.63, 3.8) is 0 Å². The summed E-state index contributed by atoms with van der Waals surface area (Å²) in [6.45, 7) is 4.14. The minimum atomic E-state index is 0.416. The molecule has 0 aromatic carbocycles. The fourth-order valence-corrected chi connectivity index (χ4v) is 3.07. The van der Waals surface area contributed by atoms with Crippen LogP contribution in [0.3, 0.4) is 0 Å². The second-order valence-electron chi connectivity index (χ2n) is 5.10. The van der Waals surface area contributed by atoms with Crippen LogP contribution in [0.4, 0.5) is 5.82 Å². The molecule has 1 aromatic rings. The van der Waals surface area contributed by atoms with Gasteiger partial charge < -0.3 is 10.6 Å². The van der Waals surface area contributed by atoms with Gasteiger partial charge in [-0.15, -0.1) is 0 Å². The first-order chi connectivity index (χ1) is 7.74. The molecule has 1 unspecified atom stereocenters. The highest BCUT2D eigenvalue weighted by atomic mass is 15.2. The van der Waals surface area contributed by atoms with Crippen molar-refractivity contribution in [2.75, 3.05) is 18.0 Å². The van der Waals surface area contributed by atoms with E-state index in [1.54, 1.807) is 6.33 Å². The lowest BCUT2D eigenvalue weighted by atomic mass is 9.93. The molecule has 1 saturated heterocycles. The van der Waals surface area contributed by atoms with Crippen molar-refractivity contribution in [3.8, 4) is 0 Å². The Hall–Kier alpha value is -1.16. The monoisotopic (exact) mass is 218 g/mol. The lowest BCUT2D eigenvalue weighted by Crippen LogP contribution is -2.49. The van der Waals surface area contributed by atoms with Crippen molar-refractivity contribution in [1.29, 1.82) is 0 Å². The Kier molecular flexibility index (Phi) is 2.32. The van der Waals surface area contributed by atoms with E-state index in [0.717, 1.165) is 24.6 Å². The van der Waals surface area contributed by atoms with Crippen LogP contribution in [0.15, 0.2) is 12.4 Å². The van der Waals surface area contributed by atoms with Gasteiger partial charge in [0.1, 0.15) is 12.1 Å². The molecule has 2 heterocycles. The summed E-state index contributed by atoms with van der Waals surface area (Å²) >= 11 is 0. The largest absolute Gasteiger partial charge is 0.356 e. The molecule has 2 N–H and O–H groups in total. The number of fused-ring (bicyclic) bond motifs is 2. The van der Waals surface area contributed by atoms with Gasteiger partial charge in [0, 0.05) is 30.9 Å².